The van der Waals surface area contributed by atoms with Crippen LogP contribution in [0.25, 0.3) is 0 Å². The third-order valence-corrected chi connectivity index (χ3v) is 3.07. The van der Waals surface area contributed by atoms with Gasteiger partial charge in [-0.25, -0.2) is 0 Å². The summed E-state index contributed by atoms with van der Waals surface area (Å²) in [6, 6.07) is 0. The van der Waals surface area contributed by atoms with E-state index in [4.69, 9.17) is 9.47 Å². The van der Waals surface area contributed by atoms with Crippen molar-refractivity contribution in [1.82, 2.24) is 5.32 Å². The lowest BCUT2D eigenvalue weighted by Gasteiger charge is -2.21. The third-order valence-electron chi connectivity index (χ3n) is 3.07. The van der Waals surface area contributed by atoms with E-state index >= 15 is 0 Å². The maximum absolute atomic E-state index is 11.6. The summed E-state index contributed by atoms with van der Waals surface area (Å²) in [5, 5.41) is 3.21. The number of carbonyl (C=O) groups is 1. The lowest BCUT2D eigenvalue weighted by atomic mass is 10.0. The number of ether oxygens (including phenoxy) is 2. The largest absolute Gasteiger partial charge is 0.463 e. The van der Waals surface area contributed by atoms with Crippen molar-refractivity contribution in [1.29, 1.82) is 0 Å². The minimum atomic E-state index is -0.0577. The zero-order valence-corrected chi connectivity index (χ0v) is 9.04. The zero-order chi connectivity index (χ0) is 10.5. The van der Waals surface area contributed by atoms with Gasteiger partial charge >= 0.3 is 5.97 Å². The third kappa shape index (κ3) is 3.18. The zero-order valence-electron chi connectivity index (χ0n) is 9.04. The Bertz CT molecular complexity index is 208. The summed E-state index contributed by atoms with van der Waals surface area (Å²) in [5.74, 6) is -0.00199. The monoisotopic (exact) mass is 213 g/mol. The summed E-state index contributed by atoms with van der Waals surface area (Å²) in [6.45, 7) is 3.04. The van der Waals surface area contributed by atoms with Crippen molar-refractivity contribution in [2.45, 2.75) is 31.8 Å². The van der Waals surface area contributed by atoms with Gasteiger partial charge in [0.1, 0.15) is 6.61 Å². The summed E-state index contributed by atoms with van der Waals surface area (Å²) in [4.78, 5) is 11.6. The Labute approximate surface area is 90.3 Å². The normalized spacial score (nSPS) is 31.5. The van der Waals surface area contributed by atoms with Crippen molar-refractivity contribution in [2.75, 3.05) is 26.3 Å². The standard InChI is InChI=1S/C11H19NO3/c13-11(9-3-1-5-12-7-9)15-8-10-4-2-6-14-10/h9-10,12H,1-8H2/t9-,10?/m1/s1. The molecule has 2 fully saturated rings. The number of carbonyl (C=O) groups excluding carboxylic acids is 1. The first-order chi connectivity index (χ1) is 7.36. The molecule has 0 aromatic heterocycles. The number of esters is 1. The maximum atomic E-state index is 11.6. The quantitative estimate of drug-likeness (QED) is 0.701. The number of rotatable bonds is 3. The van der Waals surface area contributed by atoms with Gasteiger partial charge in [-0.15, -0.1) is 0 Å². The smallest absolute Gasteiger partial charge is 0.310 e. The van der Waals surface area contributed by atoms with Gasteiger partial charge in [0.25, 0.3) is 0 Å². The van der Waals surface area contributed by atoms with E-state index in [1.165, 1.54) is 0 Å². The molecule has 0 aliphatic carbocycles. The molecule has 0 bridgehead atoms. The van der Waals surface area contributed by atoms with E-state index in [0.717, 1.165) is 45.4 Å². The van der Waals surface area contributed by atoms with E-state index in [9.17, 15) is 4.79 Å². The second kappa shape index (κ2) is 5.47. The summed E-state index contributed by atoms with van der Waals surface area (Å²) < 4.78 is 10.7. The van der Waals surface area contributed by atoms with Gasteiger partial charge in [0, 0.05) is 13.2 Å². The lowest BCUT2D eigenvalue weighted by molar-refractivity contribution is -0.152. The molecule has 0 spiro atoms. The molecule has 0 radical (unpaired) electrons. The second-order valence-electron chi connectivity index (χ2n) is 4.31. The van der Waals surface area contributed by atoms with E-state index in [-0.39, 0.29) is 18.0 Å². The molecular weight excluding hydrogens is 194 g/mol. The van der Waals surface area contributed by atoms with Crippen molar-refractivity contribution >= 4 is 5.97 Å². The average Bonchev–Trinajstić information content (AvgIpc) is 2.80. The van der Waals surface area contributed by atoms with Gasteiger partial charge < -0.3 is 14.8 Å². The Balaban J connectivity index is 1.66. The predicted octanol–water partition coefficient (Wildman–Crippen LogP) is 0.708. The lowest BCUT2D eigenvalue weighted by Crippen LogP contribution is -2.36. The fourth-order valence-corrected chi connectivity index (χ4v) is 2.12. The molecule has 0 saturated carbocycles. The molecule has 2 aliphatic heterocycles. The van der Waals surface area contributed by atoms with Crippen molar-refractivity contribution in [2.24, 2.45) is 5.92 Å². The molecule has 1 N–H and O–H groups in total. The Morgan fingerprint density at radius 2 is 2.33 bits per heavy atom. The van der Waals surface area contributed by atoms with Crippen LogP contribution in [0.3, 0.4) is 0 Å². The minimum Gasteiger partial charge on any atom is -0.463 e. The molecule has 4 heteroatoms. The van der Waals surface area contributed by atoms with Crippen LogP contribution in [0.15, 0.2) is 0 Å². The van der Waals surface area contributed by atoms with Crippen LogP contribution in [0.4, 0.5) is 0 Å². The molecule has 2 aliphatic rings. The highest BCUT2D eigenvalue weighted by Gasteiger charge is 2.24. The highest BCUT2D eigenvalue weighted by atomic mass is 16.6. The maximum Gasteiger partial charge on any atom is 0.310 e. The Hall–Kier alpha value is -0.610. The first-order valence-corrected chi connectivity index (χ1v) is 5.85. The van der Waals surface area contributed by atoms with Gasteiger partial charge in [-0.1, -0.05) is 0 Å². The van der Waals surface area contributed by atoms with Gasteiger partial charge in [-0.2, -0.15) is 0 Å². The number of nitrogens with one attached hydrogen (secondary N) is 1. The molecule has 2 heterocycles. The number of hydrogen-bond donors (Lipinski definition) is 1. The molecule has 1 unspecified atom stereocenters. The molecule has 0 aromatic rings. The van der Waals surface area contributed by atoms with Gasteiger partial charge in [-0.05, 0) is 32.2 Å². The first kappa shape index (κ1) is 10.9. The van der Waals surface area contributed by atoms with E-state index < -0.39 is 0 Å². The molecule has 86 valence electrons. The van der Waals surface area contributed by atoms with Crippen LogP contribution in [0.1, 0.15) is 25.7 Å². The van der Waals surface area contributed by atoms with Crippen molar-refractivity contribution in [3.8, 4) is 0 Å². The van der Waals surface area contributed by atoms with Crippen LogP contribution >= 0.6 is 0 Å². The van der Waals surface area contributed by atoms with E-state index in [1.807, 2.05) is 0 Å². The molecule has 15 heavy (non-hydrogen) atoms. The number of piperidine rings is 1. The Morgan fingerprint density at radius 1 is 1.40 bits per heavy atom. The van der Waals surface area contributed by atoms with E-state index in [0.29, 0.717) is 6.61 Å². The summed E-state index contributed by atoms with van der Waals surface area (Å²) in [6.07, 6.45) is 4.28. The van der Waals surface area contributed by atoms with Crippen LogP contribution in [0.5, 0.6) is 0 Å². The molecule has 2 saturated heterocycles. The Morgan fingerprint density at radius 3 is 3.00 bits per heavy atom. The van der Waals surface area contributed by atoms with E-state index in [2.05, 4.69) is 5.32 Å². The molecule has 2 rings (SSSR count). The predicted molar refractivity (Wildman–Crippen MR) is 55.5 cm³/mol. The minimum absolute atomic E-state index is 0.0557. The fourth-order valence-electron chi connectivity index (χ4n) is 2.12. The van der Waals surface area contributed by atoms with Crippen LogP contribution < -0.4 is 5.32 Å². The average molecular weight is 213 g/mol. The van der Waals surface area contributed by atoms with Crippen LogP contribution in [-0.2, 0) is 14.3 Å². The van der Waals surface area contributed by atoms with Crippen LogP contribution in [0, 0.1) is 5.92 Å². The fraction of sp³-hybridized carbons (Fsp3) is 0.909. The molecule has 0 amide bonds. The van der Waals surface area contributed by atoms with Crippen molar-refractivity contribution in [3.05, 3.63) is 0 Å². The van der Waals surface area contributed by atoms with Crippen LogP contribution in [0.2, 0.25) is 0 Å². The van der Waals surface area contributed by atoms with Crippen LogP contribution in [-0.4, -0.2) is 38.4 Å². The van der Waals surface area contributed by atoms with Crippen molar-refractivity contribution < 1.29 is 14.3 Å². The van der Waals surface area contributed by atoms with Gasteiger partial charge in [-0.3, -0.25) is 4.79 Å². The highest BCUT2D eigenvalue weighted by Crippen LogP contribution is 2.15. The molecule has 2 atom stereocenters. The van der Waals surface area contributed by atoms with Gasteiger partial charge in [0.05, 0.1) is 12.0 Å². The first-order valence-electron chi connectivity index (χ1n) is 5.85. The van der Waals surface area contributed by atoms with Crippen molar-refractivity contribution in [3.63, 3.8) is 0 Å². The topological polar surface area (TPSA) is 47.6 Å². The van der Waals surface area contributed by atoms with Gasteiger partial charge in [0.15, 0.2) is 0 Å². The highest BCUT2D eigenvalue weighted by molar-refractivity contribution is 5.72. The summed E-state index contributed by atoms with van der Waals surface area (Å²) in [7, 11) is 0. The molecular formula is C11H19NO3. The number of hydrogen-bond acceptors (Lipinski definition) is 4. The molecule has 0 aromatic carbocycles. The van der Waals surface area contributed by atoms with E-state index in [1.54, 1.807) is 0 Å². The van der Waals surface area contributed by atoms with Gasteiger partial charge in [0.2, 0.25) is 0 Å². The summed E-state index contributed by atoms with van der Waals surface area (Å²) in [5.41, 5.74) is 0. The molecule has 4 nitrogen and oxygen atoms in total. The Kier molecular flexibility index (Phi) is 3.97. The SMILES string of the molecule is O=C(OCC1CCCO1)[C@@H]1CCCNC1. The summed E-state index contributed by atoms with van der Waals surface area (Å²) >= 11 is 0. The second-order valence-corrected chi connectivity index (χ2v) is 4.31.